The van der Waals surface area contributed by atoms with E-state index in [0.29, 0.717) is 16.0 Å². The Labute approximate surface area is 175 Å². The van der Waals surface area contributed by atoms with E-state index in [2.05, 4.69) is 26.6 Å². The summed E-state index contributed by atoms with van der Waals surface area (Å²) in [5, 5.41) is 4.92. The summed E-state index contributed by atoms with van der Waals surface area (Å²) in [5.74, 6) is 0.191. The van der Waals surface area contributed by atoms with Crippen LogP contribution in [0.1, 0.15) is 10.4 Å². The lowest BCUT2D eigenvalue weighted by molar-refractivity contribution is 0.0961. The van der Waals surface area contributed by atoms with E-state index in [1.807, 2.05) is 0 Å². The van der Waals surface area contributed by atoms with Gasteiger partial charge in [0.1, 0.15) is 28.5 Å². The number of carbonyl (C=O) groups excluding carboxylic acids is 2. The lowest BCUT2D eigenvalue weighted by Crippen LogP contribution is -2.35. The van der Waals surface area contributed by atoms with E-state index in [1.54, 1.807) is 18.2 Å². The molecule has 0 saturated heterocycles. The maximum atomic E-state index is 12.7. The maximum absolute atomic E-state index is 12.7. The minimum Gasteiger partial charge on any atom is -0.495 e. The van der Waals surface area contributed by atoms with Gasteiger partial charge in [0.15, 0.2) is 5.75 Å². The van der Waals surface area contributed by atoms with Gasteiger partial charge >= 0.3 is 6.03 Å². The smallest absolute Gasteiger partial charge is 0.326 e. The molecule has 0 atom stereocenters. The number of halogens is 2. The number of amides is 3. The summed E-state index contributed by atoms with van der Waals surface area (Å²) in [7, 11) is 5.62. The van der Waals surface area contributed by atoms with Crippen molar-refractivity contribution in [2.45, 2.75) is 0 Å². The number of carbonyl (C=O) groups is 2. The summed E-state index contributed by atoms with van der Waals surface area (Å²) in [5.41, 5.74) is 0.232. The second kappa shape index (κ2) is 9.52. The molecule has 0 heterocycles. The normalized spacial score (nSPS) is 10.1. The molecule has 0 aliphatic rings. The molecule has 0 radical (unpaired) electrons. The molecule has 0 unspecified atom stereocenters. The van der Waals surface area contributed by atoms with Crippen LogP contribution >= 0.6 is 27.5 Å². The van der Waals surface area contributed by atoms with E-state index >= 15 is 0 Å². The average molecular weight is 474 g/mol. The summed E-state index contributed by atoms with van der Waals surface area (Å²) in [6.07, 6.45) is 0. The molecule has 3 amide bonds. The number of urea groups is 1. The molecule has 2 N–H and O–H groups in total. The Kier molecular flexibility index (Phi) is 7.36. The van der Waals surface area contributed by atoms with Crippen LogP contribution < -0.4 is 29.6 Å². The first-order valence-corrected chi connectivity index (χ1v) is 8.98. The fraction of sp³-hybridized carbons (Fsp3) is 0.222. The summed E-state index contributed by atoms with van der Waals surface area (Å²) in [6, 6.07) is 5.69. The van der Waals surface area contributed by atoms with Gasteiger partial charge in [-0.05, 0) is 34.1 Å². The van der Waals surface area contributed by atoms with E-state index in [1.165, 1.54) is 34.5 Å². The van der Waals surface area contributed by atoms with Crippen molar-refractivity contribution in [1.29, 1.82) is 0 Å². The molecule has 2 aromatic rings. The van der Waals surface area contributed by atoms with Gasteiger partial charge < -0.3 is 24.3 Å². The Morgan fingerprint density at radius 1 is 0.964 bits per heavy atom. The Balaban J connectivity index is 2.33. The van der Waals surface area contributed by atoms with Gasteiger partial charge in [0, 0.05) is 0 Å². The van der Waals surface area contributed by atoms with Gasteiger partial charge in [-0.25, -0.2) is 4.79 Å². The monoisotopic (exact) mass is 472 g/mol. The van der Waals surface area contributed by atoms with E-state index in [9.17, 15) is 9.59 Å². The lowest BCUT2D eigenvalue weighted by Gasteiger charge is -2.17. The molecular formula is C18H18BrClN2O6. The SMILES string of the molecule is COc1cccc(OC)c1NC(=O)NC(=O)c1c(OC)c(Cl)cc(Br)c1OC. The van der Waals surface area contributed by atoms with Crippen LogP contribution in [0.3, 0.4) is 0 Å². The molecule has 0 aromatic heterocycles. The average Bonchev–Trinajstić information content (AvgIpc) is 2.67. The number of ether oxygens (including phenoxy) is 4. The third-order valence-electron chi connectivity index (χ3n) is 3.67. The molecule has 2 aromatic carbocycles. The minimum atomic E-state index is -0.812. The van der Waals surface area contributed by atoms with Crippen LogP contribution in [0.2, 0.25) is 5.02 Å². The third kappa shape index (κ3) is 4.42. The van der Waals surface area contributed by atoms with E-state index in [4.69, 9.17) is 30.5 Å². The highest BCUT2D eigenvalue weighted by molar-refractivity contribution is 9.10. The third-order valence-corrected chi connectivity index (χ3v) is 4.54. The fourth-order valence-electron chi connectivity index (χ4n) is 2.47. The molecule has 10 heteroatoms. The highest BCUT2D eigenvalue weighted by Gasteiger charge is 2.26. The highest BCUT2D eigenvalue weighted by Crippen LogP contribution is 2.41. The standard InChI is InChI=1S/C18H18BrClN2O6/c1-25-11-6-5-7-12(26-2)14(11)21-18(24)22-17(23)13-15(27-3)9(19)8-10(20)16(13)28-4/h5-8H,1-4H3,(H2,21,22,23,24). The number of anilines is 1. The number of imide groups is 1. The van der Waals surface area contributed by atoms with Crippen LogP contribution in [0, 0.1) is 0 Å². The molecule has 2 rings (SSSR count). The first-order chi connectivity index (χ1) is 13.4. The zero-order valence-corrected chi connectivity index (χ0v) is 17.9. The van der Waals surface area contributed by atoms with Crippen LogP contribution in [0.25, 0.3) is 0 Å². The Hall–Kier alpha value is -2.65. The quantitative estimate of drug-likeness (QED) is 0.656. The van der Waals surface area contributed by atoms with Crippen LogP contribution in [0.5, 0.6) is 23.0 Å². The predicted molar refractivity (Wildman–Crippen MR) is 108 cm³/mol. The van der Waals surface area contributed by atoms with Crippen molar-refractivity contribution in [2.24, 2.45) is 0 Å². The molecule has 0 aliphatic carbocycles. The van der Waals surface area contributed by atoms with Gasteiger partial charge in [-0.2, -0.15) is 0 Å². The van der Waals surface area contributed by atoms with Crippen molar-refractivity contribution in [3.63, 3.8) is 0 Å². The van der Waals surface area contributed by atoms with E-state index < -0.39 is 11.9 Å². The van der Waals surface area contributed by atoms with Crippen molar-refractivity contribution < 1.29 is 28.5 Å². The Morgan fingerprint density at radius 3 is 2.04 bits per heavy atom. The van der Waals surface area contributed by atoms with Crippen molar-refractivity contribution in [3.8, 4) is 23.0 Å². The number of methoxy groups -OCH3 is 4. The van der Waals surface area contributed by atoms with Crippen molar-refractivity contribution in [2.75, 3.05) is 33.8 Å². The van der Waals surface area contributed by atoms with Gasteiger partial charge in [0.2, 0.25) is 0 Å². The zero-order chi connectivity index (χ0) is 20.8. The van der Waals surface area contributed by atoms with Crippen molar-refractivity contribution >= 4 is 45.2 Å². The number of nitrogens with one attached hydrogen (secondary N) is 2. The summed E-state index contributed by atoms with van der Waals surface area (Å²) in [4.78, 5) is 25.2. The number of hydrogen-bond acceptors (Lipinski definition) is 6. The maximum Gasteiger partial charge on any atom is 0.326 e. The zero-order valence-electron chi connectivity index (χ0n) is 15.5. The molecule has 0 aliphatic heterocycles. The first-order valence-electron chi connectivity index (χ1n) is 7.81. The Bertz CT molecular complexity index is 856. The second-order valence-electron chi connectivity index (χ2n) is 5.23. The summed E-state index contributed by atoms with van der Waals surface area (Å²) >= 11 is 9.40. The second-order valence-corrected chi connectivity index (χ2v) is 6.49. The number of para-hydroxylation sites is 1. The van der Waals surface area contributed by atoms with Gasteiger partial charge in [0.05, 0.1) is 37.9 Å². The molecule has 0 bridgehead atoms. The largest absolute Gasteiger partial charge is 0.495 e. The fourth-order valence-corrected chi connectivity index (χ4v) is 3.48. The van der Waals surface area contributed by atoms with Gasteiger partial charge in [-0.1, -0.05) is 17.7 Å². The van der Waals surface area contributed by atoms with E-state index in [0.717, 1.165) is 0 Å². The molecule has 28 heavy (non-hydrogen) atoms. The summed E-state index contributed by atoms with van der Waals surface area (Å²) < 4.78 is 21.3. The topological polar surface area (TPSA) is 95.1 Å². The van der Waals surface area contributed by atoms with Crippen LogP contribution in [0.15, 0.2) is 28.7 Å². The van der Waals surface area contributed by atoms with Crippen LogP contribution in [-0.2, 0) is 0 Å². The van der Waals surface area contributed by atoms with Crippen LogP contribution in [0.4, 0.5) is 10.5 Å². The van der Waals surface area contributed by atoms with Crippen molar-refractivity contribution in [3.05, 3.63) is 39.3 Å². The number of benzene rings is 2. The molecule has 0 spiro atoms. The number of rotatable bonds is 6. The van der Waals surface area contributed by atoms with E-state index in [-0.39, 0.29) is 27.8 Å². The molecule has 8 nitrogen and oxygen atoms in total. The predicted octanol–water partition coefficient (Wildman–Crippen LogP) is 4.10. The molecule has 0 fully saturated rings. The lowest BCUT2D eigenvalue weighted by atomic mass is 10.1. The summed E-state index contributed by atoms with van der Waals surface area (Å²) in [6.45, 7) is 0. The first kappa shape index (κ1) is 21.6. The molecular weight excluding hydrogens is 456 g/mol. The highest BCUT2D eigenvalue weighted by atomic mass is 79.9. The van der Waals surface area contributed by atoms with Gasteiger partial charge in [0.25, 0.3) is 5.91 Å². The van der Waals surface area contributed by atoms with Gasteiger partial charge in [-0.3, -0.25) is 10.1 Å². The minimum absolute atomic E-state index is 0.0356. The van der Waals surface area contributed by atoms with Crippen LogP contribution in [-0.4, -0.2) is 40.4 Å². The van der Waals surface area contributed by atoms with Gasteiger partial charge in [-0.15, -0.1) is 0 Å². The molecule has 150 valence electrons. The van der Waals surface area contributed by atoms with Crippen molar-refractivity contribution in [1.82, 2.24) is 5.32 Å². The Morgan fingerprint density at radius 2 is 1.54 bits per heavy atom. The number of hydrogen-bond donors (Lipinski definition) is 2. The molecule has 0 saturated carbocycles.